The first kappa shape index (κ1) is 16.0. The Morgan fingerprint density at radius 1 is 1.50 bits per heavy atom. The molecule has 1 unspecified atom stereocenters. The van der Waals surface area contributed by atoms with E-state index in [1.807, 2.05) is 38.1 Å². The lowest BCUT2D eigenvalue weighted by Crippen LogP contribution is -2.42. The minimum absolute atomic E-state index is 0.00346. The van der Waals surface area contributed by atoms with E-state index < -0.39 is 0 Å². The van der Waals surface area contributed by atoms with Crippen LogP contribution in [0.1, 0.15) is 25.8 Å². The molecule has 0 saturated heterocycles. The summed E-state index contributed by atoms with van der Waals surface area (Å²) < 4.78 is 5.24. The van der Waals surface area contributed by atoms with Gasteiger partial charge in [-0.1, -0.05) is 19.1 Å². The molecule has 108 valence electrons. The van der Waals surface area contributed by atoms with Gasteiger partial charge in [0.05, 0.1) is 6.04 Å². The van der Waals surface area contributed by atoms with Crippen LogP contribution in [0.25, 0.3) is 0 Å². The Morgan fingerprint density at radius 3 is 3.00 bits per heavy atom. The second-order valence-corrected chi connectivity index (χ2v) is 4.49. The number of rotatable bonds is 8. The zero-order valence-electron chi connectivity index (χ0n) is 12.0. The number of ether oxygens (including phenoxy) is 1. The van der Waals surface area contributed by atoms with E-state index in [1.54, 1.807) is 6.07 Å². The summed E-state index contributed by atoms with van der Waals surface area (Å²) >= 11 is 0. The average molecular weight is 275 g/mol. The van der Waals surface area contributed by atoms with Gasteiger partial charge in [0.1, 0.15) is 11.8 Å². The fourth-order valence-corrected chi connectivity index (χ4v) is 1.63. The lowest BCUT2D eigenvalue weighted by Gasteiger charge is -2.14. The summed E-state index contributed by atoms with van der Waals surface area (Å²) in [5.41, 5.74) is 1.01. The van der Waals surface area contributed by atoms with Gasteiger partial charge < -0.3 is 15.4 Å². The van der Waals surface area contributed by atoms with Crippen LogP contribution in [-0.4, -0.2) is 25.1 Å². The Kier molecular flexibility index (Phi) is 7.15. The van der Waals surface area contributed by atoms with Crippen LogP contribution in [0.5, 0.6) is 5.75 Å². The van der Waals surface area contributed by atoms with Crippen molar-refractivity contribution >= 4 is 5.91 Å². The summed E-state index contributed by atoms with van der Waals surface area (Å²) in [6.07, 6.45) is 0.927. The predicted octanol–water partition coefficient (Wildman–Crippen LogP) is 1.59. The molecule has 1 amide bonds. The first-order valence-corrected chi connectivity index (χ1v) is 6.77. The summed E-state index contributed by atoms with van der Waals surface area (Å²) in [6.45, 7) is 5.16. The number of hydrogen-bond donors (Lipinski definition) is 2. The van der Waals surface area contributed by atoms with Gasteiger partial charge in [0.25, 0.3) is 0 Å². The molecule has 0 radical (unpaired) electrons. The molecule has 1 aromatic carbocycles. The molecule has 0 aliphatic rings. The zero-order valence-corrected chi connectivity index (χ0v) is 12.0. The number of hydrogen-bond acceptors (Lipinski definition) is 4. The van der Waals surface area contributed by atoms with Crippen LogP contribution in [0, 0.1) is 11.3 Å². The highest BCUT2D eigenvalue weighted by atomic mass is 16.5. The predicted molar refractivity (Wildman–Crippen MR) is 77.2 cm³/mol. The summed E-state index contributed by atoms with van der Waals surface area (Å²) in [5.74, 6) is 0.665. The smallest absolute Gasteiger partial charge is 0.236 e. The summed E-state index contributed by atoms with van der Waals surface area (Å²) in [6, 6.07) is 9.16. The van der Waals surface area contributed by atoms with Crippen LogP contribution in [0.15, 0.2) is 24.3 Å². The largest absolute Gasteiger partial charge is 0.479 e. The molecule has 0 aliphatic heterocycles. The van der Waals surface area contributed by atoms with Crippen LogP contribution in [-0.2, 0) is 11.3 Å². The normalized spacial score (nSPS) is 11.4. The van der Waals surface area contributed by atoms with Gasteiger partial charge in [0.2, 0.25) is 5.91 Å². The fourth-order valence-electron chi connectivity index (χ4n) is 1.63. The van der Waals surface area contributed by atoms with Crippen LogP contribution in [0.3, 0.4) is 0 Å². The lowest BCUT2D eigenvalue weighted by molar-refractivity contribution is -0.122. The number of amides is 1. The van der Waals surface area contributed by atoms with E-state index in [2.05, 4.69) is 10.6 Å². The van der Waals surface area contributed by atoms with Crippen molar-refractivity contribution in [2.75, 3.05) is 13.2 Å². The molecule has 5 heteroatoms. The molecule has 1 aromatic rings. The zero-order chi connectivity index (χ0) is 14.8. The van der Waals surface area contributed by atoms with E-state index in [9.17, 15) is 4.79 Å². The third-order valence-electron chi connectivity index (χ3n) is 2.76. The maximum Gasteiger partial charge on any atom is 0.236 e. The van der Waals surface area contributed by atoms with Gasteiger partial charge in [-0.2, -0.15) is 5.26 Å². The van der Waals surface area contributed by atoms with Gasteiger partial charge in [-0.05, 0) is 31.0 Å². The highest BCUT2D eigenvalue weighted by molar-refractivity contribution is 5.81. The third kappa shape index (κ3) is 5.72. The minimum Gasteiger partial charge on any atom is -0.479 e. The molecule has 20 heavy (non-hydrogen) atoms. The quantitative estimate of drug-likeness (QED) is 0.755. The SMILES string of the molecule is CCCNC(=O)C(C)NCc1cccc(OCC#N)c1. The molecule has 1 rings (SSSR count). The summed E-state index contributed by atoms with van der Waals surface area (Å²) in [7, 11) is 0. The van der Waals surface area contributed by atoms with Gasteiger partial charge in [-0.15, -0.1) is 0 Å². The first-order valence-electron chi connectivity index (χ1n) is 6.77. The van der Waals surface area contributed by atoms with Crippen molar-refractivity contribution in [3.63, 3.8) is 0 Å². The topological polar surface area (TPSA) is 74.2 Å². The maximum atomic E-state index is 11.7. The molecule has 0 saturated carbocycles. The van der Waals surface area contributed by atoms with Gasteiger partial charge in [0.15, 0.2) is 6.61 Å². The highest BCUT2D eigenvalue weighted by Gasteiger charge is 2.10. The Morgan fingerprint density at radius 2 is 2.30 bits per heavy atom. The van der Waals surface area contributed by atoms with E-state index in [-0.39, 0.29) is 18.6 Å². The molecule has 0 aromatic heterocycles. The van der Waals surface area contributed by atoms with E-state index in [0.717, 1.165) is 12.0 Å². The minimum atomic E-state index is -0.245. The number of nitriles is 1. The van der Waals surface area contributed by atoms with Crippen molar-refractivity contribution in [3.8, 4) is 11.8 Å². The number of carbonyl (C=O) groups excluding carboxylic acids is 1. The second kappa shape index (κ2) is 8.94. The number of nitrogens with zero attached hydrogens (tertiary/aromatic N) is 1. The number of benzene rings is 1. The van der Waals surface area contributed by atoms with Crippen LogP contribution < -0.4 is 15.4 Å². The second-order valence-electron chi connectivity index (χ2n) is 4.49. The average Bonchev–Trinajstić information content (AvgIpc) is 2.48. The number of nitrogens with one attached hydrogen (secondary N) is 2. The van der Waals surface area contributed by atoms with Gasteiger partial charge >= 0.3 is 0 Å². The molecule has 2 N–H and O–H groups in total. The fraction of sp³-hybridized carbons (Fsp3) is 0.467. The molecular weight excluding hydrogens is 254 g/mol. The van der Waals surface area contributed by atoms with Crippen molar-refractivity contribution in [2.45, 2.75) is 32.9 Å². The van der Waals surface area contributed by atoms with Crippen LogP contribution in [0.4, 0.5) is 0 Å². The molecule has 0 heterocycles. The van der Waals surface area contributed by atoms with Crippen molar-refractivity contribution in [3.05, 3.63) is 29.8 Å². The maximum absolute atomic E-state index is 11.7. The van der Waals surface area contributed by atoms with Crippen LogP contribution in [0.2, 0.25) is 0 Å². The van der Waals surface area contributed by atoms with E-state index in [4.69, 9.17) is 10.00 Å². The first-order chi connectivity index (χ1) is 9.67. The van der Waals surface area contributed by atoms with Crippen molar-refractivity contribution < 1.29 is 9.53 Å². The lowest BCUT2D eigenvalue weighted by atomic mass is 10.2. The van der Waals surface area contributed by atoms with Crippen molar-refractivity contribution in [1.29, 1.82) is 5.26 Å². The van der Waals surface area contributed by atoms with Crippen molar-refractivity contribution in [1.82, 2.24) is 10.6 Å². The molecule has 0 spiro atoms. The van der Waals surface area contributed by atoms with E-state index in [0.29, 0.717) is 18.8 Å². The Hall–Kier alpha value is -2.06. The monoisotopic (exact) mass is 275 g/mol. The molecule has 5 nitrogen and oxygen atoms in total. The number of carbonyl (C=O) groups is 1. The van der Waals surface area contributed by atoms with Gasteiger partial charge in [0, 0.05) is 13.1 Å². The molecular formula is C15H21N3O2. The van der Waals surface area contributed by atoms with E-state index >= 15 is 0 Å². The van der Waals surface area contributed by atoms with Gasteiger partial charge in [-0.3, -0.25) is 4.79 Å². The summed E-state index contributed by atoms with van der Waals surface area (Å²) in [5, 5.41) is 14.5. The van der Waals surface area contributed by atoms with Crippen molar-refractivity contribution in [2.24, 2.45) is 0 Å². The van der Waals surface area contributed by atoms with Crippen LogP contribution >= 0.6 is 0 Å². The Labute approximate surface area is 119 Å². The molecule has 0 fully saturated rings. The summed E-state index contributed by atoms with van der Waals surface area (Å²) in [4.78, 5) is 11.7. The highest BCUT2D eigenvalue weighted by Crippen LogP contribution is 2.13. The molecule has 0 aliphatic carbocycles. The van der Waals surface area contributed by atoms with E-state index in [1.165, 1.54) is 0 Å². The third-order valence-corrected chi connectivity index (χ3v) is 2.76. The Bertz CT molecular complexity index is 468. The van der Waals surface area contributed by atoms with Gasteiger partial charge in [-0.25, -0.2) is 0 Å². The standard InChI is InChI=1S/C15H21N3O2/c1-3-8-17-15(19)12(2)18-11-13-5-4-6-14(10-13)20-9-7-16/h4-6,10,12,18H,3,8-9,11H2,1-2H3,(H,17,19). The molecule has 0 bridgehead atoms. The molecule has 1 atom stereocenters. The Balaban J connectivity index is 2.44.